The molecule has 0 unspecified atom stereocenters. The fourth-order valence-electron chi connectivity index (χ4n) is 5.65. The standard InChI is InChI=1S/C35H53N7O7/c1-19(2)15-25-31(45)39-26(16-21-18-37-23-12-9-8-11-22(21)23)32(46)40-27(17-28(43)49-35(5,6)7)33(47)38-24(13-10-14-36)30(44)42-29(20(3)4)34(48)41-25/h8-9,11-12,18-20,24-27,29,37H,10,13-17,36H2,1-7H3,(H,38,47)(H,39,45)(H,40,46)(H,41,48)(H,42,44)/t24-,25-,26+,27+,29+/m0/s1. The summed E-state index contributed by atoms with van der Waals surface area (Å²) < 4.78 is 5.46. The lowest BCUT2D eigenvalue weighted by Crippen LogP contribution is -2.59. The van der Waals surface area contributed by atoms with Gasteiger partial charge in [-0.3, -0.25) is 28.8 Å². The molecule has 1 aliphatic rings. The molecule has 5 atom stereocenters. The molecule has 49 heavy (non-hydrogen) atoms. The number of H-pyrrole nitrogens is 1. The molecular weight excluding hydrogens is 630 g/mol. The van der Waals surface area contributed by atoms with E-state index >= 15 is 0 Å². The Bertz CT molecular complexity index is 1500. The number of aromatic nitrogens is 1. The van der Waals surface area contributed by atoms with Crippen molar-refractivity contribution in [1.82, 2.24) is 31.6 Å². The van der Waals surface area contributed by atoms with Crippen LogP contribution in [0.5, 0.6) is 0 Å². The van der Waals surface area contributed by atoms with Crippen molar-refractivity contribution in [2.45, 2.75) is 116 Å². The van der Waals surface area contributed by atoms with Gasteiger partial charge in [0.2, 0.25) is 29.5 Å². The fraction of sp³-hybridized carbons (Fsp3) is 0.600. The van der Waals surface area contributed by atoms with Gasteiger partial charge in [-0.05, 0) is 70.0 Å². The summed E-state index contributed by atoms with van der Waals surface area (Å²) in [5.74, 6) is -4.55. The maximum Gasteiger partial charge on any atom is 0.308 e. The van der Waals surface area contributed by atoms with Crippen molar-refractivity contribution in [1.29, 1.82) is 0 Å². The molecular formula is C35H53N7O7. The van der Waals surface area contributed by atoms with Crippen molar-refractivity contribution < 1.29 is 33.5 Å². The Balaban J connectivity index is 2.11. The number of nitrogens with two attached hydrogens (primary N) is 1. The van der Waals surface area contributed by atoms with Crippen LogP contribution in [0, 0.1) is 11.8 Å². The molecule has 2 heterocycles. The summed E-state index contributed by atoms with van der Waals surface area (Å²) in [6, 6.07) is 1.58. The number of para-hydroxylation sites is 1. The van der Waals surface area contributed by atoms with Gasteiger partial charge in [0.1, 0.15) is 35.8 Å². The van der Waals surface area contributed by atoms with E-state index in [0.29, 0.717) is 6.42 Å². The number of amides is 5. The van der Waals surface area contributed by atoms with Gasteiger partial charge in [-0.25, -0.2) is 0 Å². The van der Waals surface area contributed by atoms with Crippen LogP contribution >= 0.6 is 0 Å². The predicted molar refractivity (Wildman–Crippen MR) is 185 cm³/mol. The smallest absolute Gasteiger partial charge is 0.308 e. The Labute approximate surface area is 287 Å². The molecule has 14 heteroatoms. The van der Waals surface area contributed by atoms with Crippen LogP contribution in [0.4, 0.5) is 0 Å². The zero-order valence-electron chi connectivity index (χ0n) is 29.6. The molecule has 270 valence electrons. The first kappa shape index (κ1) is 39.0. The lowest BCUT2D eigenvalue weighted by molar-refractivity contribution is -0.156. The van der Waals surface area contributed by atoms with E-state index in [9.17, 15) is 28.8 Å². The molecule has 0 aliphatic carbocycles. The number of hydrogen-bond donors (Lipinski definition) is 7. The van der Waals surface area contributed by atoms with Crippen LogP contribution in [-0.4, -0.2) is 82.8 Å². The third kappa shape index (κ3) is 11.6. The van der Waals surface area contributed by atoms with Crippen LogP contribution in [0.15, 0.2) is 30.5 Å². The molecule has 1 aromatic heterocycles. The number of aromatic amines is 1. The number of benzene rings is 1. The summed E-state index contributed by atoms with van der Waals surface area (Å²) in [5.41, 5.74) is 6.41. The largest absolute Gasteiger partial charge is 0.460 e. The number of carbonyl (C=O) groups is 6. The van der Waals surface area contributed by atoms with Crippen LogP contribution in [0.3, 0.4) is 0 Å². The molecule has 3 rings (SSSR count). The molecule has 1 saturated heterocycles. The first-order valence-corrected chi connectivity index (χ1v) is 17.0. The predicted octanol–water partition coefficient (Wildman–Crippen LogP) is 1.32. The first-order valence-electron chi connectivity index (χ1n) is 17.0. The van der Waals surface area contributed by atoms with Crippen LogP contribution in [0.2, 0.25) is 0 Å². The van der Waals surface area contributed by atoms with Crippen molar-refractivity contribution in [2.75, 3.05) is 6.54 Å². The van der Waals surface area contributed by atoms with E-state index < -0.39 is 77.7 Å². The maximum absolute atomic E-state index is 14.1. The number of nitrogens with one attached hydrogen (secondary N) is 6. The highest BCUT2D eigenvalue weighted by atomic mass is 16.6. The van der Waals surface area contributed by atoms with E-state index in [1.54, 1.807) is 40.8 Å². The lowest BCUT2D eigenvalue weighted by atomic mass is 9.98. The minimum atomic E-state index is -1.46. The number of rotatable bonds is 10. The quantitative estimate of drug-likeness (QED) is 0.181. The summed E-state index contributed by atoms with van der Waals surface area (Å²) in [5, 5.41) is 14.5. The molecule has 1 fully saturated rings. The topological polar surface area (TPSA) is 214 Å². The van der Waals surface area contributed by atoms with Crippen LogP contribution in [-0.2, 0) is 39.9 Å². The van der Waals surface area contributed by atoms with Crippen molar-refractivity contribution in [2.24, 2.45) is 17.6 Å². The molecule has 14 nitrogen and oxygen atoms in total. The summed E-state index contributed by atoms with van der Waals surface area (Å²) in [7, 11) is 0. The summed E-state index contributed by atoms with van der Waals surface area (Å²) in [4.78, 5) is 85.2. The third-order valence-electron chi connectivity index (χ3n) is 8.07. The number of esters is 1. The van der Waals surface area contributed by atoms with Gasteiger partial charge in [0.25, 0.3) is 0 Å². The third-order valence-corrected chi connectivity index (χ3v) is 8.07. The highest BCUT2D eigenvalue weighted by molar-refractivity contribution is 5.99. The molecule has 0 spiro atoms. The van der Waals surface area contributed by atoms with Crippen LogP contribution in [0.1, 0.15) is 79.7 Å². The zero-order valence-corrected chi connectivity index (χ0v) is 29.6. The molecule has 2 aromatic rings. The Hall–Kier alpha value is -4.46. The number of ether oxygens (including phenoxy) is 1. The molecule has 1 aliphatic heterocycles. The van der Waals surface area contributed by atoms with Crippen molar-refractivity contribution in [3.05, 3.63) is 36.0 Å². The second kappa shape index (κ2) is 17.3. The Morgan fingerprint density at radius 3 is 2.00 bits per heavy atom. The lowest BCUT2D eigenvalue weighted by Gasteiger charge is -2.28. The minimum absolute atomic E-state index is 0.0215. The van der Waals surface area contributed by atoms with Gasteiger partial charge in [-0.1, -0.05) is 45.9 Å². The molecule has 5 amide bonds. The van der Waals surface area contributed by atoms with Gasteiger partial charge in [0.15, 0.2) is 0 Å². The molecule has 1 aromatic carbocycles. The molecule has 8 N–H and O–H groups in total. The first-order chi connectivity index (χ1) is 23.0. The van der Waals surface area contributed by atoms with Crippen molar-refractivity contribution in [3.63, 3.8) is 0 Å². The van der Waals surface area contributed by atoms with E-state index in [1.807, 2.05) is 38.1 Å². The van der Waals surface area contributed by atoms with Crippen LogP contribution < -0.4 is 32.3 Å². The van der Waals surface area contributed by atoms with Gasteiger partial charge < -0.3 is 42.0 Å². The normalized spacial score (nSPS) is 23.2. The summed E-state index contributed by atoms with van der Waals surface area (Å²) in [6.07, 6.45) is 1.97. The maximum atomic E-state index is 14.1. The van der Waals surface area contributed by atoms with Gasteiger partial charge in [-0.2, -0.15) is 0 Å². The van der Waals surface area contributed by atoms with E-state index in [1.165, 1.54) is 0 Å². The van der Waals surface area contributed by atoms with Crippen molar-refractivity contribution >= 4 is 46.4 Å². The van der Waals surface area contributed by atoms with E-state index in [4.69, 9.17) is 10.5 Å². The number of carbonyl (C=O) groups excluding carboxylic acids is 6. The SMILES string of the molecule is CC(C)C[C@@H]1NC(=O)[C@@H](C(C)C)NC(=O)[C@H](CCCN)NC(=O)[C@@H](CC(=O)OC(C)(C)C)NC(=O)[C@@H](Cc2c[nH]c3ccccc23)NC1=O. The van der Waals surface area contributed by atoms with Gasteiger partial charge in [0, 0.05) is 23.5 Å². The monoisotopic (exact) mass is 683 g/mol. The molecule has 0 saturated carbocycles. The highest BCUT2D eigenvalue weighted by Gasteiger charge is 2.37. The average Bonchev–Trinajstić information content (AvgIpc) is 3.41. The van der Waals surface area contributed by atoms with E-state index in [0.717, 1.165) is 16.5 Å². The Kier molecular flexibility index (Phi) is 13.7. The van der Waals surface area contributed by atoms with Gasteiger partial charge >= 0.3 is 5.97 Å². The Morgan fingerprint density at radius 1 is 0.796 bits per heavy atom. The summed E-state index contributed by atoms with van der Waals surface area (Å²) in [6.45, 7) is 12.5. The number of fused-ring (bicyclic) bond motifs is 1. The number of hydrogen-bond acceptors (Lipinski definition) is 8. The van der Waals surface area contributed by atoms with Gasteiger partial charge in [-0.15, -0.1) is 0 Å². The average molecular weight is 684 g/mol. The van der Waals surface area contributed by atoms with Crippen LogP contribution in [0.25, 0.3) is 10.9 Å². The van der Waals surface area contributed by atoms with E-state index in [2.05, 4.69) is 31.6 Å². The zero-order chi connectivity index (χ0) is 36.5. The van der Waals surface area contributed by atoms with Gasteiger partial charge in [0.05, 0.1) is 6.42 Å². The van der Waals surface area contributed by atoms with Crippen molar-refractivity contribution in [3.8, 4) is 0 Å². The molecule has 0 radical (unpaired) electrons. The second-order valence-electron chi connectivity index (χ2n) is 14.4. The highest BCUT2D eigenvalue weighted by Crippen LogP contribution is 2.20. The Morgan fingerprint density at radius 2 is 1.37 bits per heavy atom. The van der Waals surface area contributed by atoms with E-state index in [-0.39, 0.29) is 37.6 Å². The fourth-order valence-corrected chi connectivity index (χ4v) is 5.65. The summed E-state index contributed by atoms with van der Waals surface area (Å²) >= 11 is 0. The molecule has 0 bridgehead atoms. The minimum Gasteiger partial charge on any atom is -0.460 e. The second-order valence-corrected chi connectivity index (χ2v) is 14.4.